The highest BCUT2D eigenvalue weighted by molar-refractivity contribution is 6.32. The first-order valence-electron chi connectivity index (χ1n) is 7.07. The Kier molecular flexibility index (Phi) is 7.68. The van der Waals surface area contributed by atoms with Crippen LogP contribution >= 0.6 is 11.6 Å². The van der Waals surface area contributed by atoms with Gasteiger partial charge in [-0.2, -0.15) is 4.99 Å². The molecule has 116 valence electrons. The quantitative estimate of drug-likeness (QED) is 0.451. The van der Waals surface area contributed by atoms with Crippen molar-refractivity contribution in [2.45, 2.75) is 40.5 Å². The molecule has 7 heteroatoms. The summed E-state index contributed by atoms with van der Waals surface area (Å²) < 4.78 is 10.9. The summed E-state index contributed by atoms with van der Waals surface area (Å²) in [7, 11) is 0. The molecule has 1 aromatic rings. The first-order valence-corrected chi connectivity index (χ1v) is 7.45. The lowest BCUT2D eigenvalue weighted by Gasteiger charge is -2.08. The molecule has 0 aliphatic heterocycles. The van der Waals surface area contributed by atoms with Crippen LogP contribution in [0.5, 0.6) is 0 Å². The van der Waals surface area contributed by atoms with Gasteiger partial charge in [-0.3, -0.25) is 0 Å². The summed E-state index contributed by atoms with van der Waals surface area (Å²) in [6.07, 6.45) is 2.66. The van der Waals surface area contributed by atoms with Crippen molar-refractivity contribution in [1.29, 1.82) is 0 Å². The molecule has 0 amide bonds. The van der Waals surface area contributed by atoms with Gasteiger partial charge in [0, 0.05) is 12.8 Å². The van der Waals surface area contributed by atoms with Gasteiger partial charge in [-0.1, -0.05) is 25.4 Å². The molecule has 1 aromatic heterocycles. The molecule has 1 heterocycles. The normalized spacial score (nSPS) is 12.4. The van der Waals surface area contributed by atoms with Crippen LogP contribution in [0.25, 0.3) is 0 Å². The molecule has 0 N–H and O–H groups in total. The fraction of sp³-hybridized carbons (Fsp3) is 0.571. The first kappa shape index (κ1) is 17.4. The highest BCUT2D eigenvalue weighted by Crippen LogP contribution is 2.32. The minimum absolute atomic E-state index is 0.237. The number of nitrogens with zero attached hydrogens (tertiary/aromatic N) is 4. The van der Waals surface area contributed by atoms with E-state index in [1.54, 1.807) is 0 Å². The number of halogens is 1. The zero-order chi connectivity index (χ0) is 15.7. The van der Waals surface area contributed by atoms with Gasteiger partial charge in [-0.05, 0) is 13.8 Å². The molecule has 0 bridgehead atoms. The minimum atomic E-state index is 0.237. The average Bonchev–Trinajstić information content (AvgIpc) is 2.49. The third-order valence-electron chi connectivity index (χ3n) is 2.45. The zero-order valence-corrected chi connectivity index (χ0v) is 13.6. The number of hydrogen-bond donors (Lipinski definition) is 0. The Morgan fingerprint density at radius 3 is 2.10 bits per heavy atom. The van der Waals surface area contributed by atoms with Crippen LogP contribution in [0.4, 0.5) is 11.5 Å². The Morgan fingerprint density at radius 1 is 1.00 bits per heavy atom. The van der Waals surface area contributed by atoms with Crippen molar-refractivity contribution < 1.29 is 9.47 Å². The predicted molar refractivity (Wildman–Crippen MR) is 85.1 cm³/mol. The second-order valence-electron chi connectivity index (χ2n) is 3.92. The third-order valence-corrected chi connectivity index (χ3v) is 2.73. The van der Waals surface area contributed by atoms with Crippen LogP contribution < -0.4 is 0 Å². The monoisotopic (exact) mass is 312 g/mol. The Morgan fingerprint density at radius 2 is 1.57 bits per heavy atom. The summed E-state index contributed by atoms with van der Waals surface area (Å²) in [5.41, 5.74) is 0.398. The van der Waals surface area contributed by atoms with Crippen molar-refractivity contribution in [3.63, 3.8) is 0 Å². The molecule has 6 nitrogen and oxygen atoms in total. The van der Waals surface area contributed by atoms with Gasteiger partial charge >= 0.3 is 0 Å². The molecule has 0 saturated heterocycles. The molecule has 0 spiro atoms. The van der Waals surface area contributed by atoms with Crippen LogP contribution in [0.2, 0.25) is 5.15 Å². The van der Waals surface area contributed by atoms with E-state index in [1.165, 1.54) is 6.33 Å². The van der Waals surface area contributed by atoms with Gasteiger partial charge in [-0.15, -0.1) is 0 Å². The molecule has 0 aliphatic carbocycles. The molecule has 0 saturated carbocycles. The summed E-state index contributed by atoms with van der Waals surface area (Å²) in [4.78, 5) is 16.8. The first-order chi connectivity index (χ1) is 10.2. The van der Waals surface area contributed by atoms with Gasteiger partial charge < -0.3 is 9.47 Å². The van der Waals surface area contributed by atoms with E-state index in [0.717, 1.165) is 0 Å². The van der Waals surface area contributed by atoms with Crippen molar-refractivity contribution in [2.24, 2.45) is 9.98 Å². The van der Waals surface area contributed by atoms with Crippen LogP contribution in [0.3, 0.4) is 0 Å². The molecule has 0 aromatic carbocycles. The number of aromatic nitrogens is 2. The van der Waals surface area contributed by atoms with Crippen molar-refractivity contribution in [2.75, 3.05) is 13.2 Å². The standard InChI is InChI=1S/C14H21ClN4O2/c1-5-10(20-7-3)18-12-13(15)16-9-17-14(12)19-11(6-2)21-8-4/h9H,5-8H2,1-4H3/b18-10?,19-11+. The molecular formula is C14H21ClN4O2. The molecule has 0 radical (unpaired) electrons. The lowest BCUT2D eigenvalue weighted by atomic mass is 10.4. The SMILES string of the molecule is CCOC(CC)=Nc1c(Cl)ncnc1/N=C(\CC)OCC. The maximum atomic E-state index is 6.11. The van der Waals surface area contributed by atoms with Gasteiger partial charge in [-0.25, -0.2) is 15.0 Å². The average molecular weight is 313 g/mol. The molecule has 0 aliphatic rings. The number of ether oxygens (including phenoxy) is 2. The minimum Gasteiger partial charge on any atom is -0.481 e. The number of hydrogen-bond acceptors (Lipinski definition) is 6. The fourth-order valence-electron chi connectivity index (χ4n) is 1.53. The molecule has 21 heavy (non-hydrogen) atoms. The second kappa shape index (κ2) is 9.28. The smallest absolute Gasteiger partial charge is 0.189 e. The molecular weight excluding hydrogens is 292 g/mol. The molecule has 1 rings (SSSR count). The van der Waals surface area contributed by atoms with E-state index >= 15 is 0 Å². The third kappa shape index (κ3) is 5.30. The Hall–Kier alpha value is -1.69. The Bertz CT molecular complexity index is 518. The van der Waals surface area contributed by atoms with Crippen molar-refractivity contribution in [3.8, 4) is 0 Å². The topological polar surface area (TPSA) is 69.0 Å². The van der Waals surface area contributed by atoms with Crippen LogP contribution in [0, 0.1) is 0 Å². The van der Waals surface area contributed by atoms with Gasteiger partial charge in [0.25, 0.3) is 0 Å². The fourth-order valence-corrected chi connectivity index (χ4v) is 1.70. The van der Waals surface area contributed by atoms with Gasteiger partial charge in [0.15, 0.2) is 22.8 Å². The van der Waals surface area contributed by atoms with E-state index < -0.39 is 0 Å². The van der Waals surface area contributed by atoms with Gasteiger partial charge in [0.05, 0.1) is 13.2 Å². The highest BCUT2D eigenvalue weighted by atomic mass is 35.5. The van der Waals surface area contributed by atoms with Crippen LogP contribution in [0.1, 0.15) is 40.5 Å². The second-order valence-corrected chi connectivity index (χ2v) is 4.28. The van der Waals surface area contributed by atoms with Gasteiger partial charge in [0.1, 0.15) is 12.0 Å². The predicted octanol–water partition coefficient (Wildman–Crippen LogP) is 4.08. The Balaban J connectivity index is 3.25. The van der Waals surface area contributed by atoms with E-state index in [-0.39, 0.29) is 5.15 Å². The van der Waals surface area contributed by atoms with E-state index in [0.29, 0.717) is 49.4 Å². The maximum absolute atomic E-state index is 6.11. The van der Waals surface area contributed by atoms with Crippen molar-refractivity contribution in [3.05, 3.63) is 11.5 Å². The lowest BCUT2D eigenvalue weighted by Crippen LogP contribution is -2.04. The van der Waals surface area contributed by atoms with E-state index in [9.17, 15) is 0 Å². The largest absolute Gasteiger partial charge is 0.481 e. The van der Waals surface area contributed by atoms with Gasteiger partial charge in [0.2, 0.25) is 0 Å². The maximum Gasteiger partial charge on any atom is 0.189 e. The number of rotatable bonds is 6. The van der Waals surface area contributed by atoms with Crippen LogP contribution in [-0.2, 0) is 9.47 Å². The zero-order valence-electron chi connectivity index (χ0n) is 12.9. The highest BCUT2D eigenvalue weighted by Gasteiger charge is 2.11. The van der Waals surface area contributed by atoms with Crippen molar-refractivity contribution >= 4 is 34.9 Å². The summed E-state index contributed by atoms with van der Waals surface area (Å²) in [5, 5.41) is 0.237. The molecule has 0 fully saturated rings. The van der Waals surface area contributed by atoms with Crippen LogP contribution in [0.15, 0.2) is 16.3 Å². The molecule has 0 atom stereocenters. The van der Waals surface area contributed by atoms with E-state index in [4.69, 9.17) is 21.1 Å². The summed E-state index contributed by atoms with van der Waals surface area (Å²) in [5.74, 6) is 1.53. The van der Waals surface area contributed by atoms with E-state index in [2.05, 4.69) is 20.0 Å². The Labute approximate surface area is 130 Å². The molecule has 0 unspecified atom stereocenters. The summed E-state index contributed by atoms with van der Waals surface area (Å²) in [6, 6.07) is 0. The summed E-state index contributed by atoms with van der Waals surface area (Å²) in [6.45, 7) is 8.79. The van der Waals surface area contributed by atoms with Crippen molar-refractivity contribution in [1.82, 2.24) is 9.97 Å². The summed E-state index contributed by atoms with van der Waals surface area (Å²) >= 11 is 6.11. The number of aliphatic imine (C=N–C) groups is 2. The lowest BCUT2D eigenvalue weighted by molar-refractivity contribution is 0.318. The van der Waals surface area contributed by atoms with E-state index in [1.807, 2.05) is 27.7 Å². The van der Waals surface area contributed by atoms with Crippen LogP contribution in [-0.4, -0.2) is 35.0 Å².